The highest BCUT2D eigenvalue weighted by molar-refractivity contribution is 5.84. The van der Waals surface area contributed by atoms with E-state index in [-0.39, 0.29) is 30.9 Å². The van der Waals surface area contributed by atoms with Crippen LogP contribution in [0, 0.1) is 11.8 Å². The molecule has 2 aromatic rings. The number of hydrogen-bond acceptors (Lipinski definition) is 4. The third-order valence-electron chi connectivity index (χ3n) is 6.59. The first-order valence-electron chi connectivity index (χ1n) is 11.9. The van der Waals surface area contributed by atoms with Crippen molar-refractivity contribution >= 4 is 18.0 Å². The highest BCUT2D eigenvalue weighted by Gasteiger charge is 2.29. The molecule has 3 unspecified atom stereocenters. The summed E-state index contributed by atoms with van der Waals surface area (Å²) in [7, 11) is 0. The third-order valence-corrected chi connectivity index (χ3v) is 6.59. The molecule has 0 saturated heterocycles. The molecule has 7 nitrogen and oxygen atoms in total. The monoisotopic (exact) mass is 466 g/mol. The molecule has 3 rings (SSSR count). The number of carboxylic acid groups (broad SMARTS) is 1. The number of hydrogen-bond donors (Lipinski definition) is 3. The van der Waals surface area contributed by atoms with Gasteiger partial charge < -0.3 is 20.5 Å². The fraction of sp³-hybridized carbons (Fsp3) is 0.444. The normalized spacial score (nSPS) is 14.9. The zero-order valence-electron chi connectivity index (χ0n) is 20.0. The number of nitrogens with one attached hydrogen (secondary N) is 2. The van der Waals surface area contributed by atoms with Crippen molar-refractivity contribution in [2.45, 2.75) is 52.0 Å². The minimum Gasteiger partial charge on any atom is -0.480 e. The Kier molecular flexibility index (Phi) is 8.68. The smallest absolute Gasteiger partial charge is 0.407 e. The van der Waals surface area contributed by atoms with E-state index in [0.717, 1.165) is 17.5 Å². The van der Waals surface area contributed by atoms with E-state index in [1.54, 1.807) is 6.92 Å². The number of carbonyl (C=O) groups is 3. The Balaban J connectivity index is 1.45. The summed E-state index contributed by atoms with van der Waals surface area (Å²) in [6.45, 7) is 6.16. The molecule has 3 N–H and O–H groups in total. The van der Waals surface area contributed by atoms with Crippen molar-refractivity contribution in [1.29, 1.82) is 0 Å². The average molecular weight is 467 g/mol. The second kappa shape index (κ2) is 11.7. The van der Waals surface area contributed by atoms with Crippen molar-refractivity contribution in [3.05, 3.63) is 59.7 Å². The molecule has 0 aromatic heterocycles. The molecule has 34 heavy (non-hydrogen) atoms. The highest BCUT2D eigenvalue weighted by Crippen LogP contribution is 2.44. The van der Waals surface area contributed by atoms with E-state index in [1.807, 2.05) is 38.1 Å². The van der Waals surface area contributed by atoms with Crippen molar-refractivity contribution in [3.8, 4) is 11.1 Å². The maximum Gasteiger partial charge on any atom is 0.407 e. The second-order valence-corrected chi connectivity index (χ2v) is 9.09. The summed E-state index contributed by atoms with van der Waals surface area (Å²) in [5.41, 5.74) is 4.62. The van der Waals surface area contributed by atoms with E-state index in [0.29, 0.717) is 12.8 Å². The Bertz CT molecular complexity index is 976. The summed E-state index contributed by atoms with van der Waals surface area (Å²) in [5.74, 6) is -1.61. The van der Waals surface area contributed by atoms with E-state index in [9.17, 15) is 19.5 Å². The van der Waals surface area contributed by atoms with E-state index >= 15 is 0 Å². The summed E-state index contributed by atoms with van der Waals surface area (Å²) in [5, 5.41) is 14.7. The molecule has 3 atom stereocenters. The summed E-state index contributed by atoms with van der Waals surface area (Å²) < 4.78 is 5.51. The number of rotatable bonds is 11. The van der Waals surface area contributed by atoms with Crippen molar-refractivity contribution in [2.75, 3.05) is 13.2 Å². The maximum absolute atomic E-state index is 12.4. The summed E-state index contributed by atoms with van der Waals surface area (Å²) in [4.78, 5) is 36.2. The molecular weight excluding hydrogens is 432 g/mol. The first kappa shape index (κ1) is 25.3. The molecule has 2 aromatic carbocycles. The lowest BCUT2D eigenvalue weighted by Gasteiger charge is -2.20. The number of carbonyl (C=O) groups excluding carboxylic acids is 2. The van der Waals surface area contributed by atoms with Crippen LogP contribution in [0.2, 0.25) is 0 Å². The number of alkyl carbamates (subject to hydrolysis) is 1. The summed E-state index contributed by atoms with van der Waals surface area (Å²) >= 11 is 0. The van der Waals surface area contributed by atoms with Crippen LogP contribution in [-0.2, 0) is 14.3 Å². The summed E-state index contributed by atoms with van der Waals surface area (Å²) in [6.07, 6.45) is 1.09. The van der Waals surface area contributed by atoms with Gasteiger partial charge in [0.05, 0.1) is 0 Å². The van der Waals surface area contributed by atoms with Crippen LogP contribution >= 0.6 is 0 Å². The van der Waals surface area contributed by atoms with Crippen LogP contribution in [0.1, 0.15) is 57.1 Å². The Morgan fingerprint density at radius 3 is 2.15 bits per heavy atom. The van der Waals surface area contributed by atoms with Crippen molar-refractivity contribution in [1.82, 2.24) is 10.6 Å². The minimum atomic E-state index is -1.03. The van der Waals surface area contributed by atoms with Crippen LogP contribution in [0.15, 0.2) is 48.5 Å². The third kappa shape index (κ3) is 6.16. The molecule has 0 bridgehead atoms. The largest absolute Gasteiger partial charge is 0.480 e. The Morgan fingerprint density at radius 2 is 1.59 bits per heavy atom. The molecule has 7 heteroatoms. The minimum absolute atomic E-state index is 0.0127. The number of amides is 2. The van der Waals surface area contributed by atoms with Gasteiger partial charge in [-0.2, -0.15) is 0 Å². The van der Waals surface area contributed by atoms with Crippen molar-refractivity contribution < 1.29 is 24.2 Å². The maximum atomic E-state index is 12.4. The standard InChI is InChI=1S/C27H34N2O5/c1-4-17(2)15-24(26(31)32)29-25(30)18(3)13-14-28-27(33)34-16-23-21-11-7-5-9-19(21)20-10-6-8-12-22(20)23/h5-12,17-18,23-24H,4,13-16H2,1-3H3,(H,28,33)(H,29,30)(H,31,32). The Morgan fingerprint density at radius 1 is 1.00 bits per heavy atom. The Labute approximate surface area is 200 Å². The SMILES string of the molecule is CCC(C)CC(NC(=O)C(C)CCNC(=O)OCC1c2ccccc2-c2ccccc21)C(=O)O. The topological polar surface area (TPSA) is 105 Å². The number of carboxylic acids is 1. The van der Waals surface area contributed by atoms with Gasteiger partial charge in [0.25, 0.3) is 0 Å². The van der Waals surface area contributed by atoms with E-state index < -0.39 is 24.0 Å². The lowest BCUT2D eigenvalue weighted by Crippen LogP contribution is -2.44. The average Bonchev–Trinajstić information content (AvgIpc) is 3.15. The molecule has 0 spiro atoms. The van der Waals surface area contributed by atoms with Gasteiger partial charge in [-0.1, -0.05) is 75.7 Å². The lowest BCUT2D eigenvalue weighted by atomic mass is 9.98. The summed E-state index contributed by atoms with van der Waals surface area (Å²) in [6, 6.07) is 15.4. The van der Waals surface area contributed by atoms with Gasteiger partial charge in [-0.25, -0.2) is 9.59 Å². The number of benzene rings is 2. The zero-order valence-corrected chi connectivity index (χ0v) is 20.0. The predicted molar refractivity (Wildman–Crippen MR) is 130 cm³/mol. The van der Waals surface area contributed by atoms with E-state index in [4.69, 9.17) is 4.74 Å². The fourth-order valence-corrected chi connectivity index (χ4v) is 4.28. The Hall–Kier alpha value is -3.35. The highest BCUT2D eigenvalue weighted by atomic mass is 16.5. The molecule has 1 aliphatic carbocycles. The molecule has 2 amide bonds. The molecule has 0 heterocycles. The van der Waals surface area contributed by atoms with Gasteiger partial charge in [0.1, 0.15) is 12.6 Å². The second-order valence-electron chi connectivity index (χ2n) is 9.09. The molecular formula is C27H34N2O5. The van der Waals surface area contributed by atoms with Crippen LogP contribution in [0.4, 0.5) is 4.79 Å². The van der Waals surface area contributed by atoms with Gasteiger partial charge in [-0.15, -0.1) is 0 Å². The molecule has 0 radical (unpaired) electrons. The van der Waals surface area contributed by atoms with Gasteiger partial charge in [0, 0.05) is 18.4 Å². The molecule has 0 fully saturated rings. The molecule has 0 saturated carbocycles. The fourth-order valence-electron chi connectivity index (χ4n) is 4.28. The van der Waals surface area contributed by atoms with Crippen molar-refractivity contribution in [2.24, 2.45) is 11.8 Å². The van der Waals surface area contributed by atoms with Crippen LogP contribution in [0.5, 0.6) is 0 Å². The molecule has 182 valence electrons. The molecule has 1 aliphatic rings. The number of fused-ring (bicyclic) bond motifs is 3. The van der Waals surface area contributed by atoms with Crippen LogP contribution < -0.4 is 10.6 Å². The quantitative estimate of drug-likeness (QED) is 0.450. The van der Waals surface area contributed by atoms with Crippen LogP contribution in [0.3, 0.4) is 0 Å². The van der Waals surface area contributed by atoms with Crippen LogP contribution in [0.25, 0.3) is 11.1 Å². The van der Waals surface area contributed by atoms with Gasteiger partial charge in [0.15, 0.2) is 0 Å². The lowest BCUT2D eigenvalue weighted by molar-refractivity contribution is -0.142. The van der Waals surface area contributed by atoms with Gasteiger partial charge in [-0.3, -0.25) is 4.79 Å². The first-order chi connectivity index (χ1) is 16.3. The molecule has 0 aliphatic heterocycles. The van der Waals surface area contributed by atoms with Crippen molar-refractivity contribution in [3.63, 3.8) is 0 Å². The first-order valence-corrected chi connectivity index (χ1v) is 11.9. The number of ether oxygens (including phenoxy) is 1. The van der Waals surface area contributed by atoms with Gasteiger partial charge in [0.2, 0.25) is 5.91 Å². The van der Waals surface area contributed by atoms with Gasteiger partial charge >= 0.3 is 12.1 Å². The zero-order chi connectivity index (χ0) is 24.7. The van der Waals surface area contributed by atoms with Crippen LogP contribution in [-0.4, -0.2) is 42.3 Å². The number of aliphatic carboxylic acids is 1. The van der Waals surface area contributed by atoms with E-state index in [2.05, 4.69) is 34.9 Å². The van der Waals surface area contributed by atoms with E-state index in [1.165, 1.54) is 11.1 Å². The van der Waals surface area contributed by atoms with Gasteiger partial charge in [-0.05, 0) is 41.0 Å². The predicted octanol–water partition coefficient (Wildman–Crippen LogP) is 4.56.